The van der Waals surface area contributed by atoms with Crippen molar-refractivity contribution >= 4 is 45.3 Å². The molecule has 0 aliphatic carbocycles. The van der Waals surface area contributed by atoms with E-state index in [1.165, 1.54) is 21.8 Å². The number of anilines is 2. The van der Waals surface area contributed by atoms with Crippen LogP contribution in [0.5, 0.6) is 11.5 Å². The number of benzene rings is 4. The minimum absolute atomic E-state index is 0.755. The van der Waals surface area contributed by atoms with E-state index in [1.807, 2.05) is 42.5 Å². The minimum atomic E-state index is 0.755. The number of aromatic nitrogens is 2. The quantitative estimate of drug-likeness (QED) is 0.120. The molecule has 2 aromatic heterocycles. The molecule has 0 unspecified atom stereocenters. The zero-order valence-electron chi connectivity index (χ0n) is 29.0. The van der Waals surface area contributed by atoms with Crippen LogP contribution in [0.4, 0.5) is 11.4 Å². The smallest absolute Gasteiger partial charge is 0.213 e. The molecule has 0 fully saturated rings. The Hall–Kier alpha value is -5.66. The number of fused-ring (bicyclic) bond motifs is 4. The average molecular weight is 663 g/mol. The first-order chi connectivity index (χ1) is 24.4. The second kappa shape index (κ2) is 13.3. The van der Waals surface area contributed by atoms with Gasteiger partial charge >= 0.3 is 0 Å². The lowest BCUT2D eigenvalue weighted by molar-refractivity contribution is -0.894. The summed E-state index contributed by atoms with van der Waals surface area (Å²) in [6.45, 7) is 4.16. The molecular formula is C43H44N5O2+3. The summed E-state index contributed by atoms with van der Waals surface area (Å²) in [7, 11) is 6.78. The third-order valence-corrected chi connectivity index (χ3v) is 9.94. The van der Waals surface area contributed by atoms with Gasteiger partial charge in [-0.2, -0.15) is 9.13 Å². The molecule has 0 saturated carbocycles. The molecule has 8 rings (SSSR count). The van der Waals surface area contributed by atoms with E-state index in [0.717, 1.165) is 89.3 Å². The summed E-state index contributed by atoms with van der Waals surface area (Å²) < 4.78 is 18.0. The van der Waals surface area contributed by atoms with E-state index >= 15 is 0 Å². The predicted octanol–water partition coefficient (Wildman–Crippen LogP) is 7.75. The molecule has 0 saturated heterocycles. The van der Waals surface area contributed by atoms with Gasteiger partial charge in [0, 0.05) is 43.5 Å². The van der Waals surface area contributed by atoms with E-state index in [9.17, 15) is 0 Å². The Morgan fingerprint density at radius 1 is 0.640 bits per heavy atom. The van der Waals surface area contributed by atoms with Crippen LogP contribution in [0.3, 0.4) is 0 Å². The summed E-state index contributed by atoms with van der Waals surface area (Å²) in [5.74, 6) is 3.36. The molecule has 4 heterocycles. The van der Waals surface area contributed by atoms with Crippen molar-refractivity contribution in [2.45, 2.75) is 25.9 Å². The van der Waals surface area contributed by atoms with E-state index in [0.29, 0.717) is 0 Å². The summed E-state index contributed by atoms with van der Waals surface area (Å²) in [6.07, 6.45) is 10.9. The average Bonchev–Trinajstić information content (AvgIpc) is 3.69. The SMILES string of the molecule is CN1C(=Cc2cc[n+](CCC[N+](C)(C)CCC[n+]3ccc(C=C4Nc5ccccc5O4)c4ccccc43)c3ccccc23)Oc2ccccc21. The molecule has 0 radical (unpaired) electrons. The van der Waals surface area contributed by atoms with Gasteiger partial charge in [0.2, 0.25) is 16.9 Å². The summed E-state index contributed by atoms with van der Waals surface area (Å²) in [4.78, 5) is 2.11. The highest BCUT2D eigenvalue weighted by Gasteiger charge is 2.24. The first-order valence-corrected chi connectivity index (χ1v) is 17.5. The number of hydrogen-bond donors (Lipinski definition) is 1. The Bertz CT molecular complexity index is 2250. The van der Waals surface area contributed by atoms with Gasteiger partial charge in [0.15, 0.2) is 42.9 Å². The fourth-order valence-electron chi connectivity index (χ4n) is 7.23. The van der Waals surface area contributed by atoms with Crippen molar-refractivity contribution in [2.24, 2.45) is 0 Å². The number of pyridine rings is 2. The zero-order chi connectivity index (χ0) is 34.1. The van der Waals surface area contributed by atoms with Gasteiger partial charge in [0.25, 0.3) is 0 Å². The monoisotopic (exact) mass is 662 g/mol. The molecule has 2 aliphatic heterocycles. The van der Waals surface area contributed by atoms with Crippen LogP contribution in [0.25, 0.3) is 34.0 Å². The molecule has 7 nitrogen and oxygen atoms in total. The molecule has 6 aromatic rings. The molecule has 50 heavy (non-hydrogen) atoms. The number of nitrogens with zero attached hydrogens (tertiary/aromatic N) is 4. The van der Waals surface area contributed by atoms with E-state index < -0.39 is 0 Å². The van der Waals surface area contributed by atoms with Gasteiger partial charge in [0.1, 0.15) is 0 Å². The number of quaternary nitrogens is 1. The molecule has 1 N–H and O–H groups in total. The van der Waals surface area contributed by atoms with Crippen LogP contribution in [-0.4, -0.2) is 38.7 Å². The van der Waals surface area contributed by atoms with Crippen molar-refractivity contribution in [3.05, 3.63) is 144 Å². The second-order valence-electron chi connectivity index (χ2n) is 13.9. The van der Waals surface area contributed by atoms with Gasteiger partial charge < -0.3 is 24.2 Å². The van der Waals surface area contributed by atoms with Crippen LogP contribution in [0, 0.1) is 0 Å². The van der Waals surface area contributed by atoms with Crippen LogP contribution in [0.15, 0.2) is 133 Å². The Kier molecular flexibility index (Phi) is 8.43. The first kappa shape index (κ1) is 31.6. The van der Waals surface area contributed by atoms with Gasteiger partial charge in [-0.3, -0.25) is 0 Å². The number of aryl methyl sites for hydroxylation is 2. The fraction of sp³-hybridized carbons (Fsp3) is 0.209. The predicted molar refractivity (Wildman–Crippen MR) is 201 cm³/mol. The lowest BCUT2D eigenvalue weighted by atomic mass is 10.1. The number of hydrogen-bond acceptors (Lipinski definition) is 4. The van der Waals surface area contributed by atoms with Gasteiger partial charge in [0.05, 0.1) is 62.2 Å². The fourth-order valence-corrected chi connectivity index (χ4v) is 7.23. The molecular weight excluding hydrogens is 619 g/mol. The van der Waals surface area contributed by atoms with E-state index in [1.54, 1.807) is 0 Å². The Morgan fingerprint density at radius 2 is 1.20 bits per heavy atom. The number of para-hydroxylation sites is 6. The van der Waals surface area contributed by atoms with Gasteiger partial charge in [-0.05, 0) is 47.5 Å². The highest BCUT2D eigenvalue weighted by molar-refractivity contribution is 5.88. The Labute approximate surface area is 294 Å². The molecule has 250 valence electrons. The summed E-state index contributed by atoms with van der Waals surface area (Å²) in [6, 6.07) is 38.0. The molecule has 2 aliphatic rings. The van der Waals surface area contributed by atoms with Crippen molar-refractivity contribution in [1.29, 1.82) is 0 Å². The Morgan fingerprint density at radius 3 is 1.84 bits per heavy atom. The van der Waals surface area contributed by atoms with E-state index in [2.05, 4.69) is 132 Å². The molecule has 0 bridgehead atoms. The van der Waals surface area contributed by atoms with Crippen LogP contribution in [0.2, 0.25) is 0 Å². The standard InChI is InChI=1S/C43H43N5O2/c1-45-39-19-9-11-21-41(39)50-43(45)31-33-23-27-47(38-18-8-5-15-35(33)38)25-13-29-48(2,3)28-12-24-46-26-22-32(34-14-4-7-17-37(34)46)30-42-44-36-16-6-10-20-40(36)49-42/h4-11,14-23,26-27,30-31H,12-13,24-25,28-29H2,1-3H3/q+2/p+1. The maximum Gasteiger partial charge on any atom is 0.213 e. The van der Waals surface area contributed by atoms with Gasteiger partial charge in [-0.15, -0.1) is 0 Å². The molecule has 0 amide bonds. The van der Waals surface area contributed by atoms with Gasteiger partial charge in [-0.25, -0.2) is 0 Å². The van der Waals surface area contributed by atoms with Crippen LogP contribution in [0.1, 0.15) is 24.0 Å². The summed E-state index contributed by atoms with van der Waals surface area (Å²) in [5, 5.41) is 5.84. The topological polar surface area (TPSA) is 41.5 Å². The van der Waals surface area contributed by atoms with Gasteiger partial charge in [-0.1, -0.05) is 48.5 Å². The normalized spacial score (nSPS) is 15.3. The van der Waals surface area contributed by atoms with Crippen molar-refractivity contribution < 1.29 is 23.1 Å². The minimum Gasteiger partial charge on any atom is -0.439 e. The highest BCUT2D eigenvalue weighted by Crippen LogP contribution is 2.38. The van der Waals surface area contributed by atoms with E-state index in [4.69, 9.17) is 9.47 Å². The Balaban J connectivity index is 0.898. The maximum absolute atomic E-state index is 6.19. The second-order valence-corrected chi connectivity index (χ2v) is 13.9. The number of nitrogens with one attached hydrogen (secondary N) is 1. The van der Waals surface area contributed by atoms with Crippen molar-refractivity contribution in [1.82, 2.24) is 0 Å². The summed E-state index contributed by atoms with van der Waals surface area (Å²) in [5.41, 5.74) is 6.87. The third kappa shape index (κ3) is 6.40. The van der Waals surface area contributed by atoms with Crippen molar-refractivity contribution in [3.63, 3.8) is 0 Å². The summed E-state index contributed by atoms with van der Waals surface area (Å²) >= 11 is 0. The largest absolute Gasteiger partial charge is 0.439 e. The first-order valence-electron chi connectivity index (χ1n) is 17.5. The van der Waals surface area contributed by atoms with Crippen molar-refractivity contribution in [3.8, 4) is 11.5 Å². The molecule has 7 heteroatoms. The third-order valence-electron chi connectivity index (χ3n) is 9.94. The number of rotatable bonds is 10. The van der Waals surface area contributed by atoms with Crippen LogP contribution >= 0.6 is 0 Å². The van der Waals surface area contributed by atoms with Crippen LogP contribution < -0.4 is 28.8 Å². The lowest BCUT2D eigenvalue weighted by Crippen LogP contribution is -2.45. The van der Waals surface area contributed by atoms with Crippen molar-refractivity contribution in [2.75, 3.05) is 44.4 Å². The molecule has 0 spiro atoms. The number of ether oxygens (including phenoxy) is 2. The highest BCUT2D eigenvalue weighted by atomic mass is 16.5. The molecule has 4 aromatic carbocycles. The van der Waals surface area contributed by atoms with E-state index in [-0.39, 0.29) is 0 Å². The maximum atomic E-state index is 6.19. The zero-order valence-corrected chi connectivity index (χ0v) is 29.0. The van der Waals surface area contributed by atoms with Crippen LogP contribution in [-0.2, 0) is 13.1 Å². The lowest BCUT2D eigenvalue weighted by Gasteiger charge is -2.29. The molecule has 0 atom stereocenters.